The van der Waals surface area contributed by atoms with Crippen molar-refractivity contribution in [1.82, 2.24) is 4.90 Å². The van der Waals surface area contributed by atoms with Crippen molar-refractivity contribution in [3.8, 4) is 0 Å². The normalized spacial score (nSPS) is 22.0. The number of rotatable bonds is 3. The maximum absolute atomic E-state index is 12.6. The number of aliphatic hydroxyl groups excluding tert-OH is 1. The predicted molar refractivity (Wildman–Crippen MR) is 78.3 cm³/mol. The number of piperidine rings is 1. The van der Waals surface area contributed by atoms with Crippen LogP contribution in [-0.4, -0.2) is 47.1 Å². The molecule has 0 spiro atoms. The molecule has 114 valence electrons. The average molecular weight is 293 g/mol. The quantitative estimate of drug-likeness (QED) is 0.650. The van der Waals surface area contributed by atoms with E-state index >= 15 is 0 Å². The van der Waals surface area contributed by atoms with Gasteiger partial charge < -0.3 is 15.3 Å². The molecule has 2 unspecified atom stereocenters. The van der Waals surface area contributed by atoms with Crippen molar-refractivity contribution in [3.63, 3.8) is 0 Å². The third-order valence-electron chi connectivity index (χ3n) is 3.92. The largest absolute Gasteiger partial charge is 0.391 e. The van der Waals surface area contributed by atoms with E-state index in [1.165, 1.54) is 18.2 Å². The monoisotopic (exact) mass is 293 g/mol. The van der Waals surface area contributed by atoms with E-state index in [-0.39, 0.29) is 29.6 Å². The maximum atomic E-state index is 12.6. The lowest BCUT2D eigenvalue weighted by atomic mass is 9.95. The molecule has 1 amide bonds. The topological polar surface area (TPSA) is 95.7 Å². The van der Waals surface area contributed by atoms with Crippen molar-refractivity contribution in [1.29, 1.82) is 0 Å². The lowest BCUT2D eigenvalue weighted by Crippen LogP contribution is -2.45. The zero-order chi connectivity index (χ0) is 15.6. The molecule has 1 fully saturated rings. The minimum absolute atomic E-state index is 0.122. The molecule has 21 heavy (non-hydrogen) atoms. The van der Waals surface area contributed by atoms with Gasteiger partial charge >= 0.3 is 0 Å². The molecule has 7 nitrogen and oxygen atoms in total. The highest BCUT2D eigenvalue weighted by Gasteiger charge is 2.29. The highest BCUT2D eigenvalue weighted by atomic mass is 16.6. The summed E-state index contributed by atoms with van der Waals surface area (Å²) in [5.74, 6) is -0.142. The molecule has 1 aliphatic heterocycles. The van der Waals surface area contributed by atoms with Gasteiger partial charge in [0, 0.05) is 38.0 Å². The van der Waals surface area contributed by atoms with Gasteiger partial charge in [0.15, 0.2) is 0 Å². The van der Waals surface area contributed by atoms with Gasteiger partial charge in [-0.05, 0) is 18.4 Å². The summed E-state index contributed by atoms with van der Waals surface area (Å²) in [6.45, 7) is 2.74. The Labute approximate surface area is 122 Å². The molecule has 0 aromatic heterocycles. The fourth-order valence-electron chi connectivity index (χ4n) is 2.44. The van der Waals surface area contributed by atoms with Crippen LogP contribution in [0, 0.1) is 16.0 Å². The zero-order valence-corrected chi connectivity index (χ0v) is 12.1. The third-order valence-corrected chi connectivity index (χ3v) is 3.92. The number of nitro benzene ring substituents is 1. The van der Waals surface area contributed by atoms with Crippen LogP contribution in [0.15, 0.2) is 18.2 Å². The number of β-amino-alcohol motifs (C(OH)–C–C–N with tert-alkyl or cyclic N) is 1. The molecule has 2 rings (SSSR count). The second-order valence-corrected chi connectivity index (χ2v) is 5.32. The van der Waals surface area contributed by atoms with Crippen molar-refractivity contribution < 1.29 is 14.8 Å². The van der Waals surface area contributed by atoms with E-state index in [0.29, 0.717) is 12.2 Å². The molecule has 0 radical (unpaired) electrons. The van der Waals surface area contributed by atoms with E-state index in [9.17, 15) is 20.0 Å². The molecule has 0 bridgehead atoms. The first-order valence-corrected chi connectivity index (χ1v) is 6.87. The molecular formula is C14H19N3O4. The number of carbonyl (C=O) groups excluding carboxylic acids is 1. The molecular weight excluding hydrogens is 274 g/mol. The van der Waals surface area contributed by atoms with Crippen LogP contribution in [0.5, 0.6) is 0 Å². The third kappa shape index (κ3) is 3.13. The molecule has 7 heteroatoms. The molecule has 2 atom stereocenters. The molecule has 1 aromatic rings. The van der Waals surface area contributed by atoms with Gasteiger partial charge in [-0.25, -0.2) is 0 Å². The summed E-state index contributed by atoms with van der Waals surface area (Å²) in [6, 6.07) is 4.16. The van der Waals surface area contributed by atoms with Gasteiger partial charge in [0.1, 0.15) is 0 Å². The van der Waals surface area contributed by atoms with Crippen LogP contribution in [0.1, 0.15) is 23.7 Å². The average Bonchev–Trinajstić information content (AvgIpc) is 2.48. The summed E-state index contributed by atoms with van der Waals surface area (Å²) < 4.78 is 0. The summed E-state index contributed by atoms with van der Waals surface area (Å²) in [7, 11) is 1.66. The van der Waals surface area contributed by atoms with Gasteiger partial charge in [-0.1, -0.05) is 6.92 Å². The Morgan fingerprint density at radius 1 is 1.52 bits per heavy atom. The number of nitro groups is 1. The Balaban J connectivity index is 2.29. The molecule has 1 saturated heterocycles. The summed E-state index contributed by atoms with van der Waals surface area (Å²) in [5.41, 5.74) is 0.676. The summed E-state index contributed by atoms with van der Waals surface area (Å²) in [6.07, 6.45) is 0.163. The molecule has 0 aliphatic carbocycles. The Morgan fingerprint density at radius 3 is 2.81 bits per heavy atom. The minimum atomic E-state index is -0.556. The van der Waals surface area contributed by atoms with Gasteiger partial charge in [-0.3, -0.25) is 14.9 Å². The van der Waals surface area contributed by atoms with Crippen molar-refractivity contribution in [3.05, 3.63) is 33.9 Å². The van der Waals surface area contributed by atoms with Crippen molar-refractivity contribution in [2.24, 2.45) is 5.92 Å². The first kappa shape index (κ1) is 15.2. The van der Waals surface area contributed by atoms with Crippen LogP contribution < -0.4 is 5.32 Å². The highest BCUT2D eigenvalue weighted by Crippen LogP contribution is 2.25. The van der Waals surface area contributed by atoms with Crippen molar-refractivity contribution in [2.45, 2.75) is 19.4 Å². The van der Waals surface area contributed by atoms with Gasteiger partial charge in [-0.2, -0.15) is 0 Å². The number of carbonyl (C=O) groups is 1. The van der Waals surface area contributed by atoms with Crippen LogP contribution in [0.3, 0.4) is 0 Å². The van der Waals surface area contributed by atoms with E-state index in [1.54, 1.807) is 11.9 Å². The van der Waals surface area contributed by atoms with E-state index in [1.807, 2.05) is 6.92 Å². The van der Waals surface area contributed by atoms with E-state index < -0.39 is 11.0 Å². The Morgan fingerprint density at radius 2 is 2.24 bits per heavy atom. The molecule has 1 aromatic carbocycles. The predicted octanol–water partition coefficient (Wildman–Crippen LogP) is 1.48. The first-order chi connectivity index (χ1) is 9.93. The maximum Gasteiger partial charge on any atom is 0.270 e. The second-order valence-electron chi connectivity index (χ2n) is 5.32. The standard InChI is InChI=1S/C14H19N3O4/c1-9-5-6-16(8-13(9)18)14(19)11-7-10(17(20)21)3-4-12(11)15-2/h3-4,7,9,13,15,18H,5-6,8H2,1-2H3. The lowest BCUT2D eigenvalue weighted by Gasteiger charge is -2.34. The molecule has 1 aliphatic rings. The summed E-state index contributed by atoms with van der Waals surface area (Å²) >= 11 is 0. The van der Waals surface area contributed by atoms with Crippen molar-refractivity contribution >= 4 is 17.3 Å². The van der Waals surface area contributed by atoms with Crippen LogP contribution in [0.4, 0.5) is 11.4 Å². The molecule has 2 N–H and O–H groups in total. The fourth-order valence-corrected chi connectivity index (χ4v) is 2.44. The first-order valence-electron chi connectivity index (χ1n) is 6.87. The number of non-ortho nitro benzene ring substituents is 1. The Kier molecular flexibility index (Phi) is 4.42. The van der Waals surface area contributed by atoms with E-state index in [0.717, 1.165) is 6.42 Å². The second kappa shape index (κ2) is 6.09. The van der Waals surface area contributed by atoms with Gasteiger partial charge in [0.2, 0.25) is 0 Å². The number of nitrogens with one attached hydrogen (secondary N) is 1. The number of amides is 1. The number of hydrogen-bond acceptors (Lipinski definition) is 5. The number of hydrogen-bond donors (Lipinski definition) is 2. The molecule has 0 saturated carbocycles. The van der Waals surface area contributed by atoms with E-state index in [4.69, 9.17) is 0 Å². The molecule has 1 heterocycles. The SMILES string of the molecule is CNc1ccc([N+](=O)[O-])cc1C(=O)N1CCC(C)C(O)C1. The fraction of sp³-hybridized carbons (Fsp3) is 0.500. The number of aliphatic hydroxyl groups is 1. The number of likely N-dealkylation sites (tertiary alicyclic amines) is 1. The van der Waals surface area contributed by atoms with Gasteiger partial charge in [0.25, 0.3) is 11.6 Å². The van der Waals surface area contributed by atoms with E-state index in [2.05, 4.69) is 5.32 Å². The van der Waals surface area contributed by atoms with Crippen LogP contribution >= 0.6 is 0 Å². The van der Waals surface area contributed by atoms with Crippen molar-refractivity contribution in [2.75, 3.05) is 25.5 Å². The van der Waals surface area contributed by atoms with Gasteiger partial charge in [0.05, 0.1) is 16.6 Å². The van der Waals surface area contributed by atoms with Gasteiger partial charge in [-0.15, -0.1) is 0 Å². The number of benzene rings is 1. The lowest BCUT2D eigenvalue weighted by molar-refractivity contribution is -0.384. The zero-order valence-electron chi connectivity index (χ0n) is 12.1. The highest BCUT2D eigenvalue weighted by molar-refractivity contribution is 6.00. The number of anilines is 1. The summed E-state index contributed by atoms with van der Waals surface area (Å²) in [4.78, 5) is 24.4. The number of nitrogens with zero attached hydrogens (tertiary/aromatic N) is 2. The minimum Gasteiger partial charge on any atom is -0.391 e. The smallest absolute Gasteiger partial charge is 0.270 e. The van der Waals surface area contributed by atoms with Crippen LogP contribution in [0.25, 0.3) is 0 Å². The van der Waals surface area contributed by atoms with Crippen LogP contribution in [0.2, 0.25) is 0 Å². The van der Waals surface area contributed by atoms with Crippen LogP contribution in [-0.2, 0) is 0 Å². The summed E-state index contributed by atoms with van der Waals surface area (Å²) in [5, 5.41) is 23.6. The Bertz CT molecular complexity index is 561. The Hall–Kier alpha value is -2.15.